The average Bonchev–Trinajstić information content (AvgIpc) is 2.04. The first kappa shape index (κ1) is 9.36. The number of amides is 2. The van der Waals surface area contributed by atoms with Crippen molar-refractivity contribution in [2.75, 3.05) is 5.32 Å². The van der Waals surface area contributed by atoms with Crippen LogP contribution in [0.2, 0.25) is 5.02 Å². The molecule has 0 saturated carbocycles. The van der Waals surface area contributed by atoms with Crippen molar-refractivity contribution in [2.45, 2.75) is 0 Å². The van der Waals surface area contributed by atoms with Gasteiger partial charge in [0.2, 0.25) is 0 Å². The van der Waals surface area contributed by atoms with Gasteiger partial charge in [-0.1, -0.05) is 17.7 Å². The Morgan fingerprint density at radius 1 is 1.54 bits per heavy atom. The van der Waals surface area contributed by atoms with Crippen LogP contribution >= 0.6 is 11.6 Å². The number of carbonyl (C=O) groups is 1. The van der Waals surface area contributed by atoms with Crippen molar-refractivity contribution in [3.8, 4) is 6.19 Å². The minimum Gasteiger partial charge on any atom is -0.307 e. The predicted molar refractivity (Wildman–Crippen MR) is 49.2 cm³/mol. The van der Waals surface area contributed by atoms with Crippen LogP contribution in [0.3, 0.4) is 0 Å². The summed E-state index contributed by atoms with van der Waals surface area (Å²) in [5.41, 5.74) is 0.542. The minimum absolute atomic E-state index is 0.523. The number of halogens is 1. The van der Waals surface area contributed by atoms with E-state index in [9.17, 15) is 4.79 Å². The van der Waals surface area contributed by atoms with Crippen LogP contribution in [0.5, 0.6) is 0 Å². The number of nitrogens with zero attached hydrogens (tertiary/aromatic N) is 1. The maximum absolute atomic E-state index is 10.8. The number of nitrogens with one attached hydrogen (secondary N) is 2. The average molecular weight is 196 g/mol. The number of carbonyl (C=O) groups excluding carboxylic acids is 1. The molecule has 0 aliphatic carbocycles. The molecule has 0 aliphatic rings. The highest BCUT2D eigenvalue weighted by atomic mass is 35.5. The van der Waals surface area contributed by atoms with Crippen molar-refractivity contribution in [3.05, 3.63) is 29.3 Å². The van der Waals surface area contributed by atoms with Crippen molar-refractivity contribution >= 4 is 23.3 Å². The summed E-state index contributed by atoms with van der Waals surface area (Å²) in [5, 5.41) is 13.0. The van der Waals surface area contributed by atoms with Crippen molar-refractivity contribution < 1.29 is 4.79 Å². The van der Waals surface area contributed by atoms with Gasteiger partial charge in [0.25, 0.3) is 0 Å². The summed E-state index contributed by atoms with van der Waals surface area (Å²) in [4.78, 5) is 10.8. The molecule has 1 aromatic carbocycles. The van der Waals surface area contributed by atoms with Gasteiger partial charge in [-0.25, -0.2) is 10.1 Å². The van der Waals surface area contributed by atoms with Gasteiger partial charge >= 0.3 is 6.03 Å². The second-order valence-corrected chi connectivity index (χ2v) is 2.64. The fourth-order valence-corrected chi connectivity index (χ4v) is 0.970. The maximum atomic E-state index is 10.8. The Balaban J connectivity index is 2.65. The van der Waals surface area contributed by atoms with Crippen LogP contribution in [0.4, 0.5) is 10.5 Å². The highest BCUT2D eigenvalue weighted by Gasteiger charge is 1.99. The molecule has 0 heterocycles. The lowest BCUT2D eigenvalue weighted by atomic mass is 10.3. The third-order valence-corrected chi connectivity index (χ3v) is 1.49. The Labute approximate surface area is 80.1 Å². The molecule has 4 nitrogen and oxygen atoms in total. The molecule has 0 atom stereocenters. The van der Waals surface area contributed by atoms with Crippen molar-refractivity contribution in [1.82, 2.24) is 5.32 Å². The Morgan fingerprint density at radius 3 is 2.92 bits per heavy atom. The topological polar surface area (TPSA) is 64.9 Å². The molecule has 0 fully saturated rings. The monoisotopic (exact) mass is 195 g/mol. The maximum Gasteiger partial charge on any atom is 0.332 e. The molecule has 13 heavy (non-hydrogen) atoms. The Bertz CT molecular complexity index is 359. The number of rotatable bonds is 1. The fourth-order valence-electron chi connectivity index (χ4n) is 0.779. The zero-order valence-corrected chi connectivity index (χ0v) is 7.30. The lowest BCUT2D eigenvalue weighted by Gasteiger charge is -2.02. The molecule has 66 valence electrons. The van der Waals surface area contributed by atoms with E-state index in [0.29, 0.717) is 10.7 Å². The highest BCUT2D eigenvalue weighted by Crippen LogP contribution is 2.14. The van der Waals surface area contributed by atoms with E-state index in [1.807, 2.05) is 5.32 Å². The van der Waals surface area contributed by atoms with Gasteiger partial charge in [-0.05, 0) is 18.2 Å². The van der Waals surface area contributed by atoms with Crippen LogP contribution in [-0.4, -0.2) is 6.03 Å². The number of anilines is 1. The van der Waals surface area contributed by atoms with Gasteiger partial charge in [0.05, 0.1) is 0 Å². The van der Waals surface area contributed by atoms with E-state index in [1.54, 1.807) is 24.3 Å². The van der Waals surface area contributed by atoms with Gasteiger partial charge in [-0.2, -0.15) is 5.26 Å². The summed E-state index contributed by atoms with van der Waals surface area (Å²) in [7, 11) is 0. The van der Waals surface area contributed by atoms with Gasteiger partial charge in [-0.15, -0.1) is 0 Å². The van der Waals surface area contributed by atoms with E-state index in [2.05, 4.69) is 5.32 Å². The molecule has 2 amide bonds. The van der Waals surface area contributed by atoms with E-state index in [0.717, 1.165) is 0 Å². The minimum atomic E-state index is -0.579. The van der Waals surface area contributed by atoms with Gasteiger partial charge in [0.15, 0.2) is 6.19 Å². The van der Waals surface area contributed by atoms with Crippen LogP contribution < -0.4 is 10.6 Å². The second-order valence-electron chi connectivity index (χ2n) is 2.20. The first-order chi connectivity index (χ1) is 6.22. The van der Waals surface area contributed by atoms with E-state index in [4.69, 9.17) is 16.9 Å². The molecule has 0 aromatic heterocycles. The third-order valence-electron chi connectivity index (χ3n) is 1.25. The second kappa shape index (κ2) is 4.33. The lowest BCUT2D eigenvalue weighted by molar-refractivity contribution is 0.255. The molecule has 0 radical (unpaired) electrons. The number of hydrogen-bond acceptors (Lipinski definition) is 2. The summed E-state index contributed by atoms with van der Waals surface area (Å²) in [5.74, 6) is 0. The molecule has 0 unspecified atom stereocenters. The van der Waals surface area contributed by atoms with Crippen LogP contribution in [0.25, 0.3) is 0 Å². The van der Waals surface area contributed by atoms with Gasteiger partial charge < -0.3 is 5.32 Å². The van der Waals surface area contributed by atoms with Gasteiger partial charge in [0, 0.05) is 10.7 Å². The molecule has 0 bridgehead atoms. The predicted octanol–water partition coefficient (Wildman–Crippen LogP) is 1.94. The largest absolute Gasteiger partial charge is 0.332 e. The summed E-state index contributed by atoms with van der Waals surface area (Å²) in [6.07, 6.45) is 1.51. The molecule has 2 N–H and O–H groups in total. The molecular weight excluding hydrogens is 190 g/mol. The van der Waals surface area contributed by atoms with Crippen molar-refractivity contribution in [1.29, 1.82) is 5.26 Å². The van der Waals surface area contributed by atoms with Crippen LogP contribution in [-0.2, 0) is 0 Å². The van der Waals surface area contributed by atoms with Crippen LogP contribution in [0, 0.1) is 11.5 Å². The number of hydrogen-bond donors (Lipinski definition) is 2. The third kappa shape index (κ3) is 3.01. The first-order valence-electron chi connectivity index (χ1n) is 3.44. The zero-order chi connectivity index (χ0) is 9.68. The van der Waals surface area contributed by atoms with Crippen molar-refractivity contribution in [2.24, 2.45) is 0 Å². The standard InChI is InChI=1S/C8H6ClN3O/c9-6-2-1-3-7(4-6)12-8(13)11-5-10/h1-4H,(H2,11,12,13). The number of urea groups is 1. The van der Waals surface area contributed by atoms with E-state index in [-0.39, 0.29) is 0 Å². The normalized spacial score (nSPS) is 8.62. The molecular formula is C8H6ClN3O. The zero-order valence-electron chi connectivity index (χ0n) is 6.54. The van der Waals surface area contributed by atoms with E-state index < -0.39 is 6.03 Å². The van der Waals surface area contributed by atoms with Crippen molar-refractivity contribution in [3.63, 3.8) is 0 Å². The van der Waals surface area contributed by atoms with Gasteiger partial charge in [-0.3, -0.25) is 0 Å². The quantitative estimate of drug-likeness (QED) is 0.531. The Morgan fingerprint density at radius 2 is 2.31 bits per heavy atom. The summed E-state index contributed by atoms with van der Waals surface area (Å²) in [6, 6.07) is 6.06. The molecule has 0 saturated heterocycles. The lowest BCUT2D eigenvalue weighted by Crippen LogP contribution is -2.23. The Hall–Kier alpha value is -1.73. The molecule has 1 rings (SSSR count). The van der Waals surface area contributed by atoms with E-state index >= 15 is 0 Å². The fraction of sp³-hybridized carbons (Fsp3) is 0. The van der Waals surface area contributed by atoms with Gasteiger partial charge in [0.1, 0.15) is 0 Å². The number of nitriles is 1. The SMILES string of the molecule is N#CNC(=O)Nc1cccc(Cl)c1. The molecule has 0 aliphatic heterocycles. The van der Waals surface area contributed by atoms with Crippen LogP contribution in [0.15, 0.2) is 24.3 Å². The van der Waals surface area contributed by atoms with Crippen LogP contribution in [0.1, 0.15) is 0 Å². The summed E-state index contributed by atoms with van der Waals surface area (Å²) in [6.45, 7) is 0. The summed E-state index contributed by atoms with van der Waals surface area (Å²) >= 11 is 5.67. The highest BCUT2D eigenvalue weighted by molar-refractivity contribution is 6.30. The number of benzene rings is 1. The molecule has 1 aromatic rings. The summed E-state index contributed by atoms with van der Waals surface area (Å²) < 4.78 is 0. The smallest absolute Gasteiger partial charge is 0.307 e. The van der Waals surface area contributed by atoms with E-state index in [1.165, 1.54) is 6.19 Å². The molecule has 5 heteroatoms. The molecule has 0 spiro atoms. The Kier molecular flexibility index (Phi) is 3.12. The first-order valence-corrected chi connectivity index (χ1v) is 3.82.